The third kappa shape index (κ3) is 4.99. The molecule has 0 atom stereocenters. The zero-order chi connectivity index (χ0) is 22.7. The van der Waals surface area contributed by atoms with E-state index in [9.17, 15) is 30.0 Å². The molecule has 0 saturated heterocycles. The Morgan fingerprint density at radius 2 is 1.13 bits per heavy atom. The Hall–Kier alpha value is -2.45. The Balaban J connectivity index is 2.71. The number of rotatable bonds is 9. The van der Waals surface area contributed by atoms with E-state index in [2.05, 4.69) is 0 Å². The fourth-order valence-electron chi connectivity index (χ4n) is 4.23. The van der Waals surface area contributed by atoms with Gasteiger partial charge in [0.15, 0.2) is 0 Å². The van der Waals surface area contributed by atoms with Gasteiger partial charge in [-0.1, -0.05) is 0 Å². The Kier molecular flexibility index (Phi) is 6.94. The molecule has 0 heterocycles. The van der Waals surface area contributed by atoms with Crippen LogP contribution in [0.15, 0.2) is 48.5 Å². The summed E-state index contributed by atoms with van der Waals surface area (Å²) >= 11 is 0. The Bertz CT molecular complexity index is 876. The van der Waals surface area contributed by atoms with Crippen molar-refractivity contribution in [2.75, 3.05) is 0 Å². The summed E-state index contributed by atoms with van der Waals surface area (Å²) in [6.07, 6.45) is -0.768. The maximum absolute atomic E-state index is 12.0. The number of nitrogens with zero attached hydrogens (tertiary/aromatic N) is 3. The van der Waals surface area contributed by atoms with Gasteiger partial charge in [-0.3, -0.25) is 0 Å². The van der Waals surface area contributed by atoms with E-state index in [-0.39, 0.29) is 46.9 Å². The monoisotopic (exact) mass is 437 g/mol. The molecule has 0 saturated carbocycles. The molecule has 0 fully saturated rings. The number of para-hydroxylation sites is 2. The SMILES string of the molecule is CC(C)N(C(C)C)P(O)(O)(Cc1ccccc1[N+](=O)[O-])Cc1ccccc1[N+](=O)[O-]. The molecule has 164 valence electrons. The Morgan fingerprint density at radius 3 is 1.43 bits per heavy atom. The molecule has 10 heteroatoms. The van der Waals surface area contributed by atoms with Gasteiger partial charge in [0.1, 0.15) is 0 Å². The van der Waals surface area contributed by atoms with Crippen LogP contribution < -0.4 is 0 Å². The molecule has 0 aliphatic heterocycles. The van der Waals surface area contributed by atoms with Crippen LogP contribution in [0.4, 0.5) is 11.4 Å². The molecule has 0 aliphatic rings. The van der Waals surface area contributed by atoms with Gasteiger partial charge in [-0.2, -0.15) is 0 Å². The summed E-state index contributed by atoms with van der Waals surface area (Å²) in [7, 11) is -4.92. The first-order valence-corrected chi connectivity index (χ1v) is 12.1. The van der Waals surface area contributed by atoms with Gasteiger partial charge in [0.2, 0.25) is 0 Å². The summed E-state index contributed by atoms with van der Waals surface area (Å²) in [5, 5.41) is 23.0. The molecule has 2 aromatic carbocycles. The summed E-state index contributed by atoms with van der Waals surface area (Å²) < 4.78 is 1.55. The van der Waals surface area contributed by atoms with E-state index in [1.165, 1.54) is 36.4 Å². The van der Waals surface area contributed by atoms with Crippen molar-refractivity contribution < 1.29 is 19.6 Å². The van der Waals surface area contributed by atoms with Gasteiger partial charge in [-0.25, -0.2) is 0 Å². The van der Waals surface area contributed by atoms with Crippen molar-refractivity contribution in [2.45, 2.75) is 52.1 Å². The third-order valence-corrected chi connectivity index (χ3v) is 8.92. The number of benzene rings is 2. The van der Waals surface area contributed by atoms with Crippen LogP contribution in [0.3, 0.4) is 0 Å². The molecule has 0 amide bonds. The molecule has 0 aromatic heterocycles. The molecule has 0 aliphatic carbocycles. The Labute approximate surface area is 175 Å². The van der Waals surface area contributed by atoms with Crippen LogP contribution in [0.25, 0.3) is 0 Å². The molecule has 0 radical (unpaired) electrons. The predicted octanol–water partition coefficient (Wildman–Crippen LogP) is 4.60. The summed E-state index contributed by atoms with van der Waals surface area (Å²) in [6.45, 7) is 7.19. The second-order valence-corrected chi connectivity index (χ2v) is 11.8. The van der Waals surface area contributed by atoms with Crippen LogP contribution in [0.1, 0.15) is 38.8 Å². The quantitative estimate of drug-likeness (QED) is 0.333. The number of hydrogen-bond donors (Lipinski definition) is 2. The van der Waals surface area contributed by atoms with E-state index in [4.69, 9.17) is 0 Å². The van der Waals surface area contributed by atoms with Crippen molar-refractivity contribution in [1.29, 1.82) is 0 Å². The first-order valence-electron chi connectivity index (χ1n) is 9.60. The van der Waals surface area contributed by atoms with Crippen LogP contribution in [0, 0.1) is 20.2 Å². The number of nitro groups is 2. The standard InChI is InChI=1S/C20H28N3O6P/c1-15(2)21(16(3)4)30(28,29,13-17-9-5-7-11-19(17)22(24)25)14-18-10-6-8-12-20(18)23(26)27/h5-12,15-16,28-29H,13-14H2,1-4H3. The van der Waals surface area contributed by atoms with E-state index >= 15 is 0 Å². The van der Waals surface area contributed by atoms with Crippen LogP contribution in [0.5, 0.6) is 0 Å². The minimum absolute atomic E-state index is 0.176. The van der Waals surface area contributed by atoms with Gasteiger partial charge in [0.05, 0.1) is 0 Å². The predicted molar refractivity (Wildman–Crippen MR) is 117 cm³/mol. The fourth-order valence-corrected chi connectivity index (χ4v) is 8.73. The third-order valence-electron chi connectivity index (χ3n) is 4.96. The van der Waals surface area contributed by atoms with Crippen molar-refractivity contribution in [1.82, 2.24) is 4.67 Å². The summed E-state index contributed by atoms with van der Waals surface area (Å²) in [4.78, 5) is 45.8. The van der Waals surface area contributed by atoms with Crippen LogP contribution >= 0.6 is 7.21 Å². The zero-order valence-corrected chi connectivity index (χ0v) is 18.4. The topological polar surface area (TPSA) is 130 Å². The van der Waals surface area contributed by atoms with E-state index in [1.807, 2.05) is 0 Å². The van der Waals surface area contributed by atoms with Crippen LogP contribution in [0.2, 0.25) is 0 Å². The van der Waals surface area contributed by atoms with Crippen molar-refractivity contribution >= 4 is 18.6 Å². The van der Waals surface area contributed by atoms with E-state index in [0.29, 0.717) is 0 Å². The molecule has 2 N–H and O–H groups in total. The second-order valence-electron chi connectivity index (χ2n) is 8.00. The van der Waals surface area contributed by atoms with Gasteiger partial charge < -0.3 is 0 Å². The van der Waals surface area contributed by atoms with Crippen molar-refractivity contribution in [3.05, 3.63) is 79.9 Å². The van der Waals surface area contributed by atoms with Crippen molar-refractivity contribution in [3.63, 3.8) is 0 Å². The van der Waals surface area contributed by atoms with Crippen molar-refractivity contribution in [2.24, 2.45) is 0 Å². The summed E-state index contributed by atoms with van der Waals surface area (Å²) in [5.41, 5.74) is -0.0839. The van der Waals surface area contributed by atoms with E-state index in [0.717, 1.165) is 0 Å². The molecular weight excluding hydrogens is 409 g/mol. The van der Waals surface area contributed by atoms with Gasteiger partial charge in [-0.15, -0.1) is 0 Å². The van der Waals surface area contributed by atoms with E-state index in [1.54, 1.807) is 44.5 Å². The van der Waals surface area contributed by atoms with Crippen LogP contribution in [-0.2, 0) is 12.3 Å². The summed E-state index contributed by atoms with van der Waals surface area (Å²) in [5.74, 6) is 0. The van der Waals surface area contributed by atoms with Gasteiger partial charge in [0.25, 0.3) is 0 Å². The van der Waals surface area contributed by atoms with Gasteiger partial charge in [-0.05, 0) is 0 Å². The molecular formula is C20H28N3O6P. The van der Waals surface area contributed by atoms with Crippen molar-refractivity contribution in [3.8, 4) is 0 Å². The molecule has 2 rings (SSSR count). The maximum atomic E-state index is 12.0. The minimum atomic E-state index is -4.92. The molecule has 0 spiro atoms. The van der Waals surface area contributed by atoms with Gasteiger partial charge in [0, 0.05) is 0 Å². The first kappa shape index (κ1) is 23.8. The fraction of sp³-hybridized carbons (Fsp3) is 0.400. The van der Waals surface area contributed by atoms with E-state index < -0.39 is 17.1 Å². The number of hydrogen-bond acceptors (Lipinski definition) is 7. The Morgan fingerprint density at radius 1 is 0.800 bits per heavy atom. The molecule has 0 unspecified atom stereocenters. The van der Waals surface area contributed by atoms with Crippen LogP contribution in [-0.4, -0.2) is 36.4 Å². The normalized spacial score (nSPS) is 13.4. The molecule has 30 heavy (non-hydrogen) atoms. The molecule has 9 nitrogen and oxygen atoms in total. The second kappa shape index (κ2) is 8.73. The average Bonchev–Trinajstić information content (AvgIpc) is 2.60. The first-order chi connectivity index (χ1) is 13.9. The number of nitro benzene ring substituents is 2. The zero-order valence-electron chi connectivity index (χ0n) is 17.5. The molecule has 0 bridgehead atoms. The average molecular weight is 437 g/mol. The molecule has 2 aromatic rings. The van der Waals surface area contributed by atoms with Gasteiger partial charge >= 0.3 is 175 Å². The summed E-state index contributed by atoms with van der Waals surface area (Å²) in [6, 6.07) is 11.2.